The summed E-state index contributed by atoms with van der Waals surface area (Å²) in [7, 11) is 1.87. The molecule has 1 saturated heterocycles. The van der Waals surface area contributed by atoms with Crippen molar-refractivity contribution in [3.05, 3.63) is 52.1 Å². The summed E-state index contributed by atoms with van der Waals surface area (Å²) in [5.41, 5.74) is 5.63. The number of nitrogens with one attached hydrogen (secondary N) is 1. The van der Waals surface area contributed by atoms with E-state index in [0.29, 0.717) is 19.6 Å². The van der Waals surface area contributed by atoms with Gasteiger partial charge in [0.25, 0.3) is 11.6 Å². The third-order valence-electron chi connectivity index (χ3n) is 4.13. The number of piperazine rings is 1. The molecule has 2 aromatic rings. The molecule has 0 saturated carbocycles. The van der Waals surface area contributed by atoms with Gasteiger partial charge in [-0.25, -0.2) is 4.98 Å². The number of carbonyl (C=O) groups excluding carboxylic acids is 1. The third kappa shape index (κ3) is 2.81. The minimum absolute atomic E-state index is 0.0394. The molecule has 3 N–H and O–H groups in total. The number of nitro benzene ring substituents is 1. The Hall–Kier alpha value is -2.94. The van der Waals surface area contributed by atoms with Crippen molar-refractivity contribution in [1.29, 1.82) is 0 Å². The van der Waals surface area contributed by atoms with Gasteiger partial charge in [-0.3, -0.25) is 14.9 Å². The fourth-order valence-corrected chi connectivity index (χ4v) is 2.88. The molecule has 9 heteroatoms. The summed E-state index contributed by atoms with van der Waals surface area (Å²) >= 11 is 0. The van der Waals surface area contributed by atoms with E-state index in [9.17, 15) is 14.9 Å². The van der Waals surface area contributed by atoms with Gasteiger partial charge in [-0.2, -0.15) is 0 Å². The van der Waals surface area contributed by atoms with E-state index in [1.54, 1.807) is 11.1 Å². The number of nitro groups is 1. The number of benzene rings is 1. The van der Waals surface area contributed by atoms with E-state index in [2.05, 4.69) is 10.3 Å². The average Bonchev–Trinajstić information content (AvgIpc) is 3.00. The highest BCUT2D eigenvalue weighted by molar-refractivity contribution is 5.96. The Kier molecular flexibility index (Phi) is 4.17. The van der Waals surface area contributed by atoms with E-state index >= 15 is 0 Å². The molecule has 9 nitrogen and oxygen atoms in total. The average molecular weight is 330 g/mol. The van der Waals surface area contributed by atoms with Gasteiger partial charge >= 0.3 is 0 Å². The predicted octanol–water partition coefficient (Wildman–Crippen LogP) is 0.697. The molecule has 1 aromatic heterocycles. The van der Waals surface area contributed by atoms with E-state index in [0.717, 1.165) is 5.82 Å². The molecule has 3 rings (SSSR count). The van der Waals surface area contributed by atoms with Crippen LogP contribution in [0.15, 0.2) is 30.6 Å². The fraction of sp³-hybridized carbons (Fsp3) is 0.333. The Morgan fingerprint density at radius 2 is 2.29 bits per heavy atom. The maximum absolute atomic E-state index is 12.9. The SMILES string of the molecule is Cn1ccnc1C1CNCCN1C(=O)c1ccc(N)c([N+](=O)[O-])c1. The number of nitrogens with two attached hydrogens (primary N) is 1. The molecular weight excluding hydrogens is 312 g/mol. The number of carbonyl (C=O) groups is 1. The first-order valence-corrected chi connectivity index (χ1v) is 7.52. The molecule has 1 unspecified atom stereocenters. The van der Waals surface area contributed by atoms with Crippen molar-refractivity contribution in [2.75, 3.05) is 25.4 Å². The second-order valence-corrected chi connectivity index (χ2v) is 5.65. The Morgan fingerprint density at radius 1 is 1.50 bits per heavy atom. The van der Waals surface area contributed by atoms with Crippen LogP contribution in [0.5, 0.6) is 0 Å². The molecule has 1 atom stereocenters. The maximum atomic E-state index is 12.9. The first-order chi connectivity index (χ1) is 11.5. The van der Waals surface area contributed by atoms with Crippen molar-refractivity contribution in [2.24, 2.45) is 7.05 Å². The summed E-state index contributed by atoms with van der Waals surface area (Å²) in [5.74, 6) is 0.494. The van der Waals surface area contributed by atoms with Crippen LogP contribution in [0.1, 0.15) is 22.2 Å². The van der Waals surface area contributed by atoms with Gasteiger partial charge in [0, 0.05) is 50.7 Å². The summed E-state index contributed by atoms with van der Waals surface area (Å²) in [6.07, 6.45) is 3.50. The number of imidazole rings is 1. The molecule has 126 valence electrons. The van der Waals surface area contributed by atoms with Crippen molar-refractivity contribution < 1.29 is 9.72 Å². The number of hydrogen-bond acceptors (Lipinski definition) is 6. The van der Waals surface area contributed by atoms with Crippen LogP contribution in [-0.4, -0.2) is 44.9 Å². The van der Waals surface area contributed by atoms with E-state index in [-0.39, 0.29) is 28.9 Å². The van der Waals surface area contributed by atoms with Crippen LogP contribution < -0.4 is 11.1 Å². The number of aryl methyl sites for hydroxylation is 1. The highest BCUT2D eigenvalue weighted by Gasteiger charge is 2.31. The van der Waals surface area contributed by atoms with E-state index in [4.69, 9.17) is 5.73 Å². The minimum atomic E-state index is -0.583. The van der Waals surface area contributed by atoms with E-state index in [1.807, 2.05) is 17.8 Å². The number of anilines is 1. The van der Waals surface area contributed by atoms with Gasteiger partial charge in [0.1, 0.15) is 17.6 Å². The lowest BCUT2D eigenvalue weighted by atomic mass is 10.1. The van der Waals surface area contributed by atoms with Gasteiger partial charge in [-0.05, 0) is 12.1 Å². The van der Waals surface area contributed by atoms with Crippen LogP contribution >= 0.6 is 0 Å². The van der Waals surface area contributed by atoms with E-state index in [1.165, 1.54) is 18.2 Å². The first kappa shape index (κ1) is 15.9. The van der Waals surface area contributed by atoms with Crippen LogP contribution in [0.3, 0.4) is 0 Å². The molecule has 24 heavy (non-hydrogen) atoms. The molecule has 1 aliphatic heterocycles. The normalized spacial score (nSPS) is 17.7. The highest BCUT2D eigenvalue weighted by Crippen LogP contribution is 2.26. The Bertz CT molecular complexity index is 787. The Morgan fingerprint density at radius 3 is 2.96 bits per heavy atom. The zero-order valence-electron chi connectivity index (χ0n) is 13.2. The second kappa shape index (κ2) is 6.28. The molecule has 0 radical (unpaired) electrons. The Labute approximate surface area is 138 Å². The number of amides is 1. The van der Waals surface area contributed by atoms with Crippen LogP contribution in [0.25, 0.3) is 0 Å². The van der Waals surface area contributed by atoms with Crippen molar-refractivity contribution >= 4 is 17.3 Å². The van der Waals surface area contributed by atoms with Crippen molar-refractivity contribution in [3.63, 3.8) is 0 Å². The number of hydrogen-bond donors (Lipinski definition) is 2. The first-order valence-electron chi connectivity index (χ1n) is 7.52. The van der Waals surface area contributed by atoms with Gasteiger partial charge in [-0.15, -0.1) is 0 Å². The van der Waals surface area contributed by atoms with Crippen LogP contribution in [0, 0.1) is 10.1 Å². The van der Waals surface area contributed by atoms with Crippen molar-refractivity contribution in [1.82, 2.24) is 19.8 Å². The lowest BCUT2D eigenvalue weighted by Gasteiger charge is -2.35. The van der Waals surface area contributed by atoms with Crippen LogP contribution in [-0.2, 0) is 7.05 Å². The standard InChI is InChI=1S/C15H18N6O3/c1-19-6-5-18-14(19)13-9-17-4-7-20(13)15(22)10-2-3-11(16)12(8-10)21(23)24/h2-3,5-6,8,13,17H,4,7,9,16H2,1H3. The summed E-state index contributed by atoms with van der Waals surface area (Å²) in [6.45, 7) is 1.73. The molecule has 0 spiro atoms. The molecule has 1 fully saturated rings. The quantitative estimate of drug-likeness (QED) is 0.485. The Balaban J connectivity index is 1.94. The molecule has 2 heterocycles. The highest BCUT2D eigenvalue weighted by atomic mass is 16.6. The fourth-order valence-electron chi connectivity index (χ4n) is 2.88. The summed E-state index contributed by atoms with van der Waals surface area (Å²) in [5, 5.41) is 14.3. The second-order valence-electron chi connectivity index (χ2n) is 5.65. The number of rotatable bonds is 3. The molecular formula is C15H18N6O3. The number of nitrogens with zero attached hydrogens (tertiary/aromatic N) is 4. The zero-order valence-corrected chi connectivity index (χ0v) is 13.2. The van der Waals surface area contributed by atoms with Gasteiger partial charge in [-0.1, -0.05) is 0 Å². The molecule has 1 aromatic carbocycles. The maximum Gasteiger partial charge on any atom is 0.292 e. The van der Waals surface area contributed by atoms with Gasteiger partial charge in [0.05, 0.1) is 4.92 Å². The smallest absolute Gasteiger partial charge is 0.292 e. The number of nitrogen functional groups attached to an aromatic ring is 1. The summed E-state index contributed by atoms with van der Waals surface area (Å²) in [4.78, 5) is 29.4. The largest absolute Gasteiger partial charge is 0.393 e. The van der Waals surface area contributed by atoms with Gasteiger partial charge in [0.15, 0.2) is 0 Å². The van der Waals surface area contributed by atoms with Crippen LogP contribution in [0.2, 0.25) is 0 Å². The van der Waals surface area contributed by atoms with Gasteiger partial charge in [0.2, 0.25) is 0 Å². The zero-order chi connectivity index (χ0) is 17.3. The lowest BCUT2D eigenvalue weighted by molar-refractivity contribution is -0.383. The third-order valence-corrected chi connectivity index (χ3v) is 4.13. The summed E-state index contributed by atoms with van der Waals surface area (Å²) < 4.78 is 1.86. The minimum Gasteiger partial charge on any atom is -0.393 e. The molecule has 0 aliphatic carbocycles. The number of aromatic nitrogens is 2. The predicted molar refractivity (Wildman–Crippen MR) is 87.4 cm³/mol. The lowest BCUT2D eigenvalue weighted by Crippen LogP contribution is -2.49. The summed E-state index contributed by atoms with van der Waals surface area (Å²) in [6, 6.07) is 3.91. The molecule has 0 bridgehead atoms. The van der Waals surface area contributed by atoms with Crippen molar-refractivity contribution in [3.8, 4) is 0 Å². The molecule has 1 amide bonds. The van der Waals surface area contributed by atoms with Crippen LogP contribution in [0.4, 0.5) is 11.4 Å². The van der Waals surface area contributed by atoms with Gasteiger partial charge < -0.3 is 20.5 Å². The monoisotopic (exact) mass is 330 g/mol. The van der Waals surface area contributed by atoms with Crippen molar-refractivity contribution in [2.45, 2.75) is 6.04 Å². The topological polar surface area (TPSA) is 119 Å². The van der Waals surface area contributed by atoms with E-state index < -0.39 is 4.92 Å². The molecule has 1 aliphatic rings.